The molecule has 0 aromatic carbocycles. The number of hydrogen-bond donors (Lipinski definition) is 0. The summed E-state index contributed by atoms with van der Waals surface area (Å²) in [5, 5.41) is 0.413. The Morgan fingerprint density at radius 1 is 1.45 bits per heavy atom. The van der Waals surface area contributed by atoms with Gasteiger partial charge in [-0.05, 0) is 24.7 Å². The first kappa shape index (κ1) is 9.38. The first-order valence-corrected chi connectivity index (χ1v) is 5.31. The molecule has 1 heteroatoms. The predicted molar refractivity (Wildman–Crippen MR) is 51.1 cm³/mol. The average molecular weight is 175 g/mol. The van der Waals surface area contributed by atoms with Crippen LogP contribution in [0.1, 0.15) is 46.0 Å². The third kappa shape index (κ3) is 2.66. The van der Waals surface area contributed by atoms with E-state index < -0.39 is 0 Å². The molecule has 0 radical (unpaired) electrons. The predicted octanol–water partition coefficient (Wildman–Crippen LogP) is 3.83. The summed E-state index contributed by atoms with van der Waals surface area (Å²) in [7, 11) is 0. The Balaban J connectivity index is 2.13. The van der Waals surface area contributed by atoms with Crippen LogP contribution in [0.2, 0.25) is 0 Å². The van der Waals surface area contributed by atoms with Crippen molar-refractivity contribution in [2.24, 2.45) is 11.8 Å². The Kier molecular flexibility index (Phi) is 3.71. The minimum absolute atomic E-state index is 0.413. The summed E-state index contributed by atoms with van der Waals surface area (Å²) in [5.74, 6) is 1.74. The smallest absolute Gasteiger partial charge is 0.0359 e. The van der Waals surface area contributed by atoms with Crippen LogP contribution in [0, 0.1) is 11.8 Å². The van der Waals surface area contributed by atoms with Crippen LogP contribution >= 0.6 is 11.6 Å². The van der Waals surface area contributed by atoms with Gasteiger partial charge in [-0.25, -0.2) is 0 Å². The maximum Gasteiger partial charge on any atom is 0.0359 e. The van der Waals surface area contributed by atoms with E-state index in [9.17, 15) is 0 Å². The second-order valence-corrected chi connectivity index (χ2v) is 4.49. The van der Waals surface area contributed by atoms with Gasteiger partial charge in [-0.3, -0.25) is 0 Å². The molecule has 0 heterocycles. The molecular weight excluding hydrogens is 156 g/mol. The molecular formula is C10H19Cl. The first-order chi connectivity index (χ1) is 5.24. The SMILES string of the molecule is CCC(Cl)C(C)CC1CCC1. The Hall–Kier alpha value is 0.290. The molecule has 0 bridgehead atoms. The van der Waals surface area contributed by atoms with E-state index in [1.165, 1.54) is 25.7 Å². The van der Waals surface area contributed by atoms with E-state index in [1.54, 1.807) is 0 Å². The van der Waals surface area contributed by atoms with Crippen molar-refractivity contribution in [1.82, 2.24) is 0 Å². The third-order valence-corrected chi connectivity index (χ3v) is 3.68. The molecule has 1 rings (SSSR count). The summed E-state index contributed by atoms with van der Waals surface area (Å²) < 4.78 is 0. The molecule has 1 fully saturated rings. The summed E-state index contributed by atoms with van der Waals surface area (Å²) in [5.41, 5.74) is 0. The van der Waals surface area contributed by atoms with Crippen LogP contribution in [0.4, 0.5) is 0 Å². The fourth-order valence-corrected chi connectivity index (χ4v) is 1.91. The lowest BCUT2D eigenvalue weighted by Gasteiger charge is -2.29. The van der Waals surface area contributed by atoms with Gasteiger partial charge in [-0.1, -0.05) is 33.1 Å². The van der Waals surface area contributed by atoms with Gasteiger partial charge in [0.25, 0.3) is 0 Å². The molecule has 66 valence electrons. The molecule has 2 atom stereocenters. The quantitative estimate of drug-likeness (QED) is 0.569. The number of hydrogen-bond acceptors (Lipinski definition) is 0. The van der Waals surface area contributed by atoms with Crippen molar-refractivity contribution in [3.63, 3.8) is 0 Å². The van der Waals surface area contributed by atoms with Gasteiger partial charge < -0.3 is 0 Å². The number of rotatable bonds is 4. The molecule has 0 aromatic heterocycles. The zero-order valence-electron chi connectivity index (χ0n) is 7.65. The Labute approximate surface area is 75.3 Å². The van der Waals surface area contributed by atoms with E-state index in [-0.39, 0.29) is 0 Å². The highest BCUT2D eigenvalue weighted by molar-refractivity contribution is 6.20. The summed E-state index contributed by atoms with van der Waals surface area (Å²) >= 11 is 6.14. The van der Waals surface area contributed by atoms with E-state index in [0.717, 1.165) is 18.3 Å². The van der Waals surface area contributed by atoms with E-state index in [2.05, 4.69) is 13.8 Å². The Bertz CT molecular complexity index is 107. The average Bonchev–Trinajstić information content (AvgIpc) is 1.94. The lowest BCUT2D eigenvalue weighted by atomic mass is 9.78. The molecule has 0 aliphatic heterocycles. The summed E-state index contributed by atoms with van der Waals surface area (Å²) in [6.45, 7) is 4.47. The Morgan fingerprint density at radius 3 is 2.45 bits per heavy atom. The lowest BCUT2D eigenvalue weighted by Crippen LogP contribution is -2.19. The monoisotopic (exact) mass is 174 g/mol. The topological polar surface area (TPSA) is 0 Å². The largest absolute Gasteiger partial charge is 0.123 e. The van der Waals surface area contributed by atoms with Gasteiger partial charge in [0, 0.05) is 5.38 Å². The molecule has 0 spiro atoms. The number of alkyl halides is 1. The highest BCUT2D eigenvalue weighted by Gasteiger charge is 2.22. The molecule has 0 nitrogen and oxygen atoms in total. The van der Waals surface area contributed by atoms with Crippen LogP contribution in [0.15, 0.2) is 0 Å². The van der Waals surface area contributed by atoms with Crippen LogP contribution in [0.3, 0.4) is 0 Å². The fraction of sp³-hybridized carbons (Fsp3) is 1.00. The van der Waals surface area contributed by atoms with Gasteiger partial charge in [0.1, 0.15) is 0 Å². The first-order valence-electron chi connectivity index (χ1n) is 4.88. The van der Waals surface area contributed by atoms with Gasteiger partial charge >= 0.3 is 0 Å². The van der Waals surface area contributed by atoms with Gasteiger partial charge in [-0.2, -0.15) is 0 Å². The van der Waals surface area contributed by atoms with Crippen molar-refractivity contribution in [1.29, 1.82) is 0 Å². The lowest BCUT2D eigenvalue weighted by molar-refractivity contribution is 0.252. The third-order valence-electron chi connectivity index (χ3n) is 2.94. The molecule has 1 aliphatic carbocycles. The van der Waals surface area contributed by atoms with E-state index in [1.807, 2.05) is 0 Å². The van der Waals surface area contributed by atoms with Gasteiger partial charge in [0.05, 0.1) is 0 Å². The summed E-state index contributed by atoms with van der Waals surface area (Å²) in [6, 6.07) is 0. The maximum atomic E-state index is 6.14. The van der Waals surface area contributed by atoms with Crippen molar-refractivity contribution in [3.05, 3.63) is 0 Å². The summed E-state index contributed by atoms with van der Waals surface area (Å²) in [6.07, 6.45) is 6.85. The zero-order valence-corrected chi connectivity index (χ0v) is 8.40. The van der Waals surface area contributed by atoms with Gasteiger partial charge in [0.2, 0.25) is 0 Å². The van der Waals surface area contributed by atoms with Crippen LogP contribution in [0.25, 0.3) is 0 Å². The minimum Gasteiger partial charge on any atom is -0.123 e. The minimum atomic E-state index is 0.413. The van der Waals surface area contributed by atoms with Crippen molar-refractivity contribution >= 4 is 11.6 Å². The van der Waals surface area contributed by atoms with Crippen LogP contribution < -0.4 is 0 Å². The fourth-order valence-electron chi connectivity index (χ4n) is 1.80. The van der Waals surface area contributed by atoms with Crippen molar-refractivity contribution in [3.8, 4) is 0 Å². The maximum absolute atomic E-state index is 6.14. The van der Waals surface area contributed by atoms with E-state index in [0.29, 0.717) is 5.38 Å². The van der Waals surface area contributed by atoms with Crippen molar-refractivity contribution in [2.45, 2.75) is 51.3 Å². The normalized spacial score (nSPS) is 24.3. The Morgan fingerprint density at radius 2 is 2.09 bits per heavy atom. The van der Waals surface area contributed by atoms with E-state index >= 15 is 0 Å². The molecule has 11 heavy (non-hydrogen) atoms. The molecule has 2 unspecified atom stereocenters. The summed E-state index contributed by atoms with van der Waals surface area (Å²) in [4.78, 5) is 0. The molecule has 0 amide bonds. The van der Waals surface area contributed by atoms with Crippen LogP contribution in [0.5, 0.6) is 0 Å². The van der Waals surface area contributed by atoms with Gasteiger partial charge in [-0.15, -0.1) is 11.6 Å². The molecule has 0 aromatic rings. The molecule has 1 saturated carbocycles. The zero-order chi connectivity index (χ0) is 8.27. The van der Waals surface area contributed by atoms with E-state index in [4.69, 9.17) is 11.6 Å². The van der Waals surface area contributed by atoms with Crippen molar-refractivity contribution in [2.75, 3.05) is 0 Å². The standard InChI is InChI=1S/C10H19Cl/c1-3-10(11)8(2)7-9-5-4-6-9/h8-10H,3-7H2,1-2H3. The molecule has 0 saturated heterocycles. The number of halogens is 1. The van der Waals surface area contributed by atoms with Gasteiger partial charge in [0.15, 0.2) is 0 Å². The van der Waals surface area contributed by atoms with Crippen molar-refractivity contribution < 1.29 is 0 Å². The second-order valence-electron chi connectivity index (χ2n) is 3.93. The van der Waals surface area contributed by atoms with Crippen LogP contribution in [-0.2, 0) is 0 Å². The molecule has 0 N–H and O–H groups in total. The highest BCUT2D eigenvalue weighted by atomic mass is 35.5. The molecule has 1 aliphatic rings. The van der Waals surface area contributed by atoms with Crippen LogP contribution in [-0.4, -0.2) is 5.38 Å². The highest BCUT2D eigenvalue weighted by Crippen LogP contribution is 2.34. The second kappa shape index (κ2) is 4.35.